The number of benzene rings is 1. The van der Waals surface area contributed by atoms with Crippen LogP contribution < -0.4 is 10.9 Å². The van der Waals surface area contributed by atoms with Gasteiger partial charge in [-0.25, -0.2) is 4.98 Å². The number of carbonyl (C=O) groups excluding carboxylic acids is 1. The van der Waals surface area contributed by atoms with Crippen LogP contribution in [-0.2, 0) is 16.1 Å². The number of aromatic nitrogens is 2. The van der Waals surface area contributed by atoms with Crippen LogP contribution in [0.5, 0.6) is 0 Å². The fourth-order valence-corrected chi connectivity index (χ4v) is 2.18. The maximum absolute atomic E-state index is 12.3. The lowest BCUT2D eigenvalue weighted by molar-refractivity contribution is -0.122. The van der Waals surface area contributed by atoms with E-state index in [0.29, 0.717) is 22.5 Å². The minimum absolute atomic E-state index is 0.0849. The van der Waals surface area contributed by atoms with Crippen LogP contribution in [0, 0.1) is 0 Å². The summed E-state index contributed by atoms with van der Waals surface area (Å²) in [6.45, 7) is 2.15. The Morgan fingerprint density at radius 1 is 1.52 bits per heavy atom. The van der Waals surface area contributed by atoms with Gasteiger partial charge in [0, 0.05) is 18.2 Å². The molecule has 1 aromatic carbocycles. The molecule has 1 N–H and O–H groups in total. The maximum Gasteiger partial charge on any atom is 0.261 e. The van der Waals surface area contributed by atoms with Crippen LogP contribution in [0.2, 0.25) is 5.02 Å². The van der Waals surface area contributed by atoms with Crippen molar-refractivity contribution in [2.24, 2.45) is 0 Å². The van der Waals surface area contributed by atoms with Crippen LogP contribution in [0.15, 0.2) is 29.3 Å². The first-order chi connectivity index (χ1) is 10.0. The molecule has 1 atom stereocenters. The number of hydrogen-bond donors (Lipinski definition) is 1. The van der Waals surface area contributed by atoms with Gasteiger partial charge in [-0.15, -0.1) is 0 Å². The van der Waals surface area contributed by atoms with Crippen molar-refractivity contribution in [3.05, 3.63) is 39.9 Å². The number of carbonyl (C=O) groups is 1. The van der Waals surface area contributed by atoms with Crippen LogP contribution in [0.4, 0.5) is 0 Å². The molecule has 1 aromatic heterocycles. The number of fused-ring (bicyclic) bond motifs is 1. The summed E-state index contributed by atoms with van der Waals surface area (Å²) in [5.74, 6) is -0.267. The van der Waals surface area contributed by atoms with E-state index in [4.69, 9.17) is 16.3 Å². The lowest BCUT2D eigenvalue weighted by Crippen LogP contribution is -2.39. The Balaban J connectivity index is 2.19. The number of nitrogens with zero attached hydrogens (tertiary/aromatic N) is 2. The minimum Gasteiger partial charge on any atom is -0.383 e. The summed E-state index contributed by atoms with van der Waals surface area (Å²) in [6.07, 6.45) is 1.35. The second-order valence-corrected chi connectivity index (χ2v) is 5.20. The van der Waals surface area contributed by atoms with Gasteiger partial charge >= 0.3 is 0 Å². The molecule has 0 fully saturated rings. The van der Waals surface area contributed by atoms with E-state index >= 15 is 0 Å². The fourth-order valence-electron chi connectivity index (χ4n) is 2.01. The molecule has 0 aliphatic heterocycles. The quantitative estimate of drug-likeness (QED) is 0.901. The molecule has 0 aliphatic rings. The first-order valence-corrected chi connectivity index (χ1v) is 6.82. The van der Waals surface area contributed by atoms with Gasteiger partial charge in [0.25, 0.3) is 5.56 Å². The van der Waals surface area contributed by atoms with Gasteiger partial charge in [0.2, 0.25) is 5.91 Å². The molecule has 0 saturated heterocycles. The largest absolute Gasteiger partial charge is 0.383 e. The number of methoxy groups -OCH3 is 1. The Hall–Kier alpha value is -1.92. The van der Waals surface area contributed by atoms with Crippen molar-refractivity contribution in [3.63, 3.8) is 0 Å². The summed E-state index contributed by atoms with van der Waals surface area (Å²) in [4.78, 5) is 28.3. The molecular formula is C14H16ClN3O3. The van der Waals surface area contributed by atoms with E-state index in [2.05, 4.69) is 10.3 Å². The molecule has 2 rings (SSSR count). The molecular weight excluding hydrogens is 294 g/mol. The Bertz CT molecular complexity index is 714. The van der Waals surface area contributed by atoms with E-state index in [0.717, 1.165) is 0 Å². The van der Waals surface area contributed by atoms with Crippen molar-refractivity contribution in [2.75, 3.05) is 13.7 Å². The molecule has 0 saturated carbocycles. The molecule has 1 unspecified atom stereocenters. The topological polar surface area (TPSA) is 73.2 Å². The average Bonchev–Trinajstić information content (AvgIpc) is 2.42. The van der Waals surface area contributed by atoms with Crippen molar-refractivity contribution < 1.29 is 9.53 Å². The standard InChI is InChI=1S/C14H16ClN3O3/c1-9(7-21-2)17-13(19)6-18-8-16-12-5-10(15)3-4-11(12)14(18)20/h3-5,8-9H,6-7H2,1-2H3,(H,17,19). The lowest BCUT2D eigenvalue weighted by atomic mass is 10.2. The van der Waals surface area contributed by atoms with Crippen molar-refractivity contribution in [1.29, 1.82) is 0 Å². The van der Waals surface area contributed by atoms with Gasteiger partial charge in [0.05, 0.1) is 23.8 Å². The Morgan fingerprint density at radius 2 is 2.29 bits per heavy atom. The van der Waals surface area contributed by atoms with E-state index < -0.39 is 0 Å². The normalized spacial score (nSPS) is 12.3. The highest BCUT2D eigenvalue weighted by atomic mass is 35.5. The zero-order valence-corrected chi connectivity index (χ0v) is 12.6. The summed E-state index contributed by atoms with van der Waals surface area (Å²) in [6, 6.07) is 4.72. The zero-order valence-electron chi connectivity index (χ0n) is 11.8. The van der Waals surface area contributed by atoms with Gasteiger partial charge in [-0.1, -0.05) is 11.6 Å². The summed E-state index contributed by atoms with van der Waals surface area (Å²) >= 11 is 5.86. The zero-order chi connectivity index (χ0) is 15.4. The third-order valence-corrected chi connectivity index (χ3v) is 3.16. The van der Waals surface area contributed by atoms with Crippen molar-refractivity contribution in [1.82, 2.24) is 14.9 Å². The predicted octanol–water partition coefficient (Wildman–Crippen LogP) is 1.20. The monoisotopic (exact) mass is 309 g/mol. The van der Waals surface area contributed by atoms with Crippen LogP contribution in [-0.4, -0.2) is 35.2 Å². The molecule has 0 bridgehead atoms. The number of amides is 1. The third-order valence-electron chi connectivity index (χ3n) is 2.93. The van der Waals surface area contributed by atoms with E-state index in [9.17, 15) is 9.59 Å². The Labute approximate surface area is 126 Å². The van der Waals surface area contributed by atoms with Crippen molar-refractivity contribution in [3.8, 4) is 0 Å². The summed E-state index contributed by atoms with van der Waals surface area (Å²) < 4.78 is 6.21. The van der Waals surface area contributed by atoms with Crippen LogP contribution in [0.3, 0.4) is 0 Å². The van der Waals surface area contributed by atoms with Gasteiger partial charge < -0.3 is 10.1 Å². The lowest BCUT2D eigenvalue weighted by Gasteiger charge is -2.13. The number of rotatable bonds is 5. The van der Waals surface area contributed by atoms with E-state index in [-0.39, 0.29) is 24.1 Å². The molecule has 1 amide bonds. The molecule has 21 heavy (non-hydrogen) atoms. The van der Waals surface area contributed by atoms with Crippen LogP contribution in [0.1, 0.15) is 6.92 Å². The fraction of sp³-hybridized carbons (Fsp3) is 0.357. The highest BCUT2D eigenvalue weighted by Gasteiger charge is 2.10. The first-order valence-electron chi connectivity index (χ1n) is 6.44. The minimum atomic E-state index is -0.272. The third kappa shape index (κ3) is 3.80. The highest BCUT2D eigenvalue weighted by Crippen LogP contribution is 2.13. The SMILES string of the molecule is COCC(C)NC(=O)Cn1cnc2cc(Cl)ccc2c1=O. The van der Waals surface area contributed by atoms with Gasteiger partial charge in [0.15, 0.2) is 0 Å². The summed E-state index contributed by atoms with van der Waals surface area (Å²) in [5, 5.41) is 3.68. The maximum atomic E-state index is 12.3. The highest BCUT2D eigenvalue weighted by molar-refractivity contribution is 6.31. The van der Waals surface area contributed by atoms with Gasteiger partial charge in [-0.2, -0.15) is 0 Å². The average molecular weight is 310 g/mol. The number of ether oxygens (including phenoxy) is 1. The van der Waals surface area contributed by atoms with Gasteiger partial charge in [-0.05, 0) is 25.1 Å². The molecule has 6 nitrogen and oxygen atoms in total. The van der Waals surface area contributed by atoms with E-state index in [1.165, 1.54) is 10.9 Å². The van der Waals surface area contributed by atoms with Crippen molar-refractivity contribution in [2.45, 2.75) is 19.5 Å². The Kier molecular flexibility index (Phi) is 4.93. The molecule has 0 spiro atoms. The molecule has 112 valence electrons. The molecule has 7 heteroatoms. The van der Waals surface area contributed by atoms with Gasteiger partial charge in [-0.3, -0.25) is 14.2 Å². The predicted molar refractivity (Wildman–Crippen MR) is 80.5 cm³/mol. The second-order valence-electron chi connectivity index (χ2n) is 4.76. The van der Waals surface area contributed by atoms with Crippen LogP contribution in [0.25, 0.3) is 10.9 Å². The second kappa shape index (κ2) is 6.69. The summed E-state index contributed by atoms with van der Waals surface area (Å²) in [7, 11) is 1.56. The number of hydrogen-bond acceptors (Lipinski definition) is 4. The number of nitrogens with one attached hydrogen (secondary N) is 1. The molecule has 2 aromatic rings. The summed E-state index contributed by atoms with van der Waals surface area (Å²) in [5.41, 5.74) is 0.239. The van der Waals surface area contributed by atoms with E-state index in [1.54, 1.807) is 25.3 Å². The first kappa shape index (κ1) is 15.5. The smallest absolute Gasteiger partial charge is 0.261 e. The van der Waals surface area contributed by atoms with Gasteiger partial charge in [0.1, 0.15) is 6.54 Å². The van der Waals surface area contributed by atoms with Crippen LogP contribution >= 0.6 is 11.6 Å². The molecule has 1 heterocycles. The van der Waals surface area contributed by atoms with Crippen molar-refractivity contribution >= 4 is 28.4 Å². The molecule has 0 radical (unpaired) electrons. The van der Waals surface area contributed by atoms with E-state index in [1.807, 2.05) is 6.92 Å². The Morgan fingerprint density at radius 3 is 3.00 bits per heavy atom. The number of halogens is 1. The molecule has 0 aliphatic carbocycles.